The second-order valence-electron chi connectivity index (χ2n) is 3.73. The fourth-order valence-corrected chi connectivity index (χ4v) is 2.09. The third-order valence-corrected chi connectivity index (χ3v) is 3.02. The van der Waals surface area contributed by atoms with Crippen LogP contribution in [0.1, 0.15) is 23.7 Å². The number of imidazole rings is 1. The summed E-state index contributed by atoms with van der Waals surface area (Å²) in [5.74, 6) is 0. The van der Waals surface area contributed by atoms with Crippen LogP contribution in [0.2, 0.25) is 0 Å². The average Bonchev–Trinajstić information content (AvgIpc) is 2.79. The summed E-state index contributed by atoms with van der Waals surface area (Å²) >= 11 is 5.22. The maximum Gasteiger partial charge on any atom is 0.182 e. The Labute approximate surface area is 110 Å². The molecule has 5 heteroatoms. The van der Waals surface area contributed by atoms with Crippen LogP contribution in [0.4, 0.5) is 0 Å². The summed E-state index contributed by atoms with van der Waals surface area (Å²) in [6, 6.07) is 9.14. The first-order valence-electron chi connectivity index (χ1n) is 5.45. The van der Waals surface area contributed by atoms with Gasteiger partial charge in [-0.1, -0.05) is 6.92 Å². The lowest BCUT2D eigenvalue weighted by Gasteiger charge is -2.07. The molecule has 88 valence electrons. The van der Waals surface area contributed by atoms with Crippen molar-refractivity contribution in [3.8, 4) is 17.8 Å². The molecule has 0 aliphatic carbocycles. The summed E-state index contributed by atoms with van der Waals surface area (Å²) in [5, 5.41) is 17.9. The van der Waals surface area contributed by atoms with Crippen LogP contribution in [0.5, 0.6) is 0 Å². The van der Waals surface area contributed by atoms with Gasteiger partial charge in [0.15, 0.2) is 4.77 Å². The monoisotopic (exact) mass is 254 g/mol. The molecule has 0 spiro atoms. The molecule has 0 aliphatic heterocycles. The zero-order valence-electron chi connectivity index (χ0n) is 9.77. The normalized spacial score (nSPS) is 9.72. The molecule has 2 rings (SSSR count). The molecule has 0 saturated carbocycles. The molecule has 0 unspecified atom stereocenters. The number of rotatable bonds is 2. The zero-order valence-corrected chi connectivity index (χ0v) is 10.6. The number of nitriles is 2. The van der Waals surface area contributed by atoms with E-state index in [2.05, 4.69) is 4.98 Å². The van der Waals surface area contributed by atoms with Gasteiger partial charge in [0.25, 0.3) is 0 Å². The fraction of sp³-hybridized carbons (Fsp3) is 0.154. The van der Waals surface area contributed by atoms with Crippen LogP contribution in [0, 0.1) is 27.4 Å². The molecule has 0 atom stereocenters. The summed E-state index contributed by atoms with van der Waals surface area (Å²) in [4.78, 5) is 2.98. The SMILES string of the molecule is CCc1c[nH]c(=S)n1-c1ccc(C#N)c(C#N)c1. The van der Waals surface area contributed by atoms with Crippen LogP contribution in [-0.4, -0.2) is 9.55 Å². The lowest BCUT2D eigenvalue weighted by molar-refractivity contribution is 0.921. The summed E-state index contributed by atoms with van der Waals surface area (Å²) in [5.41, 5.74) is 2.57. The van der Waals surface area contributed by atoms with Crippen LogP contribution < -0.4 is 0 Å². The van der Waals surface area contributed by atoms with E-state index in [1.54, 1.807) is 18.2 Å². The number of benzene rings is 1. The maximum absolute atomic E-state index is 9.02. The molecule has 18 heavy (non-hydrogen) atoms. The Morgan fingerprint density at radius 3 is 2.61 bits per heavy atom. The predicted molar refractivity (Wildman–Crippen MR) is 69.8 cm³/mol. The van der Waals surface area contributed by atoms with Gasteiger partial charge in [0.05, 0.1) is 11.1 Å². The quantitative estimate of drug-likeness (QED) is 0.838. The van der Waals surface area contributed by atoms with Gasteiger partial charge in [-0.05, 0) is 36.8 Å². The molecule has 1 heterocycles. The third-order valence-electron chi connectivity index (χ3n) is 2.72. The molecule has 1 aromatic carbocycles. The Kier molecular flexibility index (Phi) is 3.27. The molecule has 0 amide bonds. The minimum atomic E-state index is 0.361. The van der Waals surface area contributed by atoms with Crippen LogP contribution in [-0.2, 0) is 6.42 Å². The van der Waals surface area contributed by atoms with Gasteiger partial charge in [-0.2, -0.15) is 10.5 Å². The van der Waals surface area contributed by atoms with Gasteiger partial charge >= 0.3 is 0 Å². The van der Waals surface area contributed by atoms with E-state index in [0.717, 1.165) is 17.8 Å². The van der Waals surface area contributed by atoms with Crippen molar-refractivity contribution in [3.63, 3.8) is 0 Å². The first-order valence-corrected chi connectivity index (χ1v) is 5.86. The molecule has 0 saturated heterocycles. The molecule has 1 aromatic heterocycles. The first kappa shape index (κ1) is 12.1. The zero-order chi connectivity index (χ0) is 13.1. The van der Waals surface area contributed by atoms with Crippen molar-refractivity contribution in [2.75, 3.05) is 0 Å². The summed E-state index contributed by atoms with van der Waals surface area (Å²) < 4.78 is 2.46. The number of hydrogen-bond donors (Lipinski definition) is 1. The summed E-state index contributed by atoms with van der Waals surface area (Å²) in [6.45, 7) is 2.03. The Bertz CT molecular complexity index is 725. The molecule has 0 radical (unpaired) electrons. The van der Waals surface area contributed by atoms with Gasteiger partial charge in [0, 0.05) is 17.6 Å². The highest BCUT2D eigenvalue weighted by Crippen LogP contribution is 2.17. The molecule has 2 aromatic rings. The van der Waals surface area contributed by atoms with Crippen molar-refractivity contribution in [1.82, 2.24) is 9.55 Å². The van der Waals surface area contributed by atoms with Crippen LogP contribution >= 0.6 is 12.2 Å². The second kappa shape index (κ2) is 4.87. The van der Waals surface area contributed by atoms with E-state index < -0.39 is 0 Å². The minimum absolute atomic E-state index is 0.361. The molecular weight excluding hydrogens is 244 g/mol. The van der Waals surface area contributed by atoms with Gasteiger partial charge in [-0.3, -0.25) is 4.57 Å². The molecule has 0 bridgehead atoms. The smallest absolute Gasteiger partial charge is 0.182 e. The van der Waals surface area contributed by atoms with E-state index in [9.17, 15) is 0 Å². The van der Waals surface area contributed by atoms with E-state index in [1.807, 2.05) is 29.8 Å². The Balaban J connectivity index is 2.67. The van der Waals surface area contributed by atoms with Gasteiger partial charge in [0.2, 0.25) is 0 Å². The molecule has 0 fully saturated rings. The number of nitrogens with one attached hydrogen (secondary N) is 1. The van der Waals surface area contributed by atoms with Crippen molar-refractivity contribution in [2.45, 2.75) is 13.3 Å². The van der Waals surface area contributed by atoms with Crippen LogP contribution in [0.15, 0.2) is 24.4 Å². The number of aromatic nitrogens is 2. The molecule has 0 aliphatic rings. The summed E-state index contributed by atoms with van der Waals surface area (Å²) in [7, 11) is 0. The Morgan fingerprint density at radius 2 is 2.00 bits per heavy atom. The number of H-pyrrole nitrogens is 1. The van der Waals surface area contributed by atoms with Crippen molar-refractivity contribution in [3.05, 3.63) is 46.0 Å². The highest BCUT2D eigenvalue weighted by atomic mass is 32.1. The third kappa shape index (κ3) is 1.92. The predicted octanol–water partition coefficient (Wildman–Crippen LogP) is 2.84. The fourth-order valence-electron chi connectivity index (χ4n) is 1.81. The Hall–Kier alpha value is -2.37. The van der Waals surface area contributed by atoms with E-state index >= 15 is 0 Å². The molecule has 4 nitrogen and oxygen atoms in total. The van der Waals surface area contributed by atoms with Gasteiger partial charge in [-0.15, -0.1) is 0 Å². The van der Waals surface area contributed by atoms with Crippen LogP contribution in [0.25, 0.3) is 5.69 Å². The second-order valence-corrected chi connectivity index (χ2v) is 4.11. The van der Waals surface area contributed by atoms with E-state index in [0.29, 0.717) is 15.9 Å². The largest absolute Gasteiger partial charge is 0.337 e. The maximum atomic E-state index is 9.02. The van der Waals surface area contributed by atoms with E-state index in [1.165, 1.54) is 0 Å². The highest BCUT2D eigenvalue weighted by molar-refractivity contribution is 7.71. The average molecular weight is 254 g/mol. The molecule has 1 N–H and O–H groups in total. The number of aryl methyl sites for hydroxylation is 1. The number of hydrogen-bond acceptors (Lipinski definition) is 3. The Morgan fingerprint density at radius 1 is 1.28 bits per heavy atom. The van der Waals surface area contributed by atoms with E-state index in [4.69, 9.17) is 22.7 Å². The van der Waals surface area contributed by atoms with Crippen molar-refractivity contribution in [2.24, 2.45) is 0 Å². The number of aromatic amines is 1. The lowest BCUT2D eigenvalue weighted by Crippen LogP contribution is -2.00. The van der Waals surface area contributed by atoms with Crippen molar-refractivity contribution >= 4 is 12.2 Å². The van der Waals surface area contributed by atoms with Gasteiger partial charge < -0.3 is 4.98 Å². The first-order chi connectivity index (χ1) is 8.71. The highest BCUT2D eigenvalue weighted by Gasteiger charge is 2.08. The van der Waals surface area contributed by atoms with Crippen molar-refractivity contribution in [1.29, 1.82) is 10.5 Å². The van der Waals surface area contributed by atoms with Crippen LogP contribution in [0.3, 0.4) is 0 Å². The van der Waals surface area contributed by atoms with Gasteiger partial charge in [-0.25, -0.2) is 0 Å². The number of nitrogens with zero attached hydrogens (tertiary/aromatic N) is 3. The standard InChI is InChI=1S/C13H10N4S/c1-2-11-8-16-13(18)17(11)12-4-3-9(6-14)10(5-12)7-15/h3-5,8H,2H2,1H3,(H,16,18). The minimum Gasteiger partial charge on any atom is -0.337 e. The van der Waals surface area contributed by atoms with E-state index in [-0.39, 0.29) is 0 Å². The lowest BCUT2D eigenvalue weighted by atomic mass is 10.1. The van der Waals surface area contributed by atoms with Gasteiger partial charge in [0.1, 0.15) is 12.1 Å². The molecular formula is C13H10N4S. The summed E-state index contributed by atoms with van der Waals surface area (Å²) in [6.07, 6.45) is 2.68. The van der Waals surface area contributed by atoms with Crippen molar-refractivity contribution < 1.29 is 0 Å². The topological polar surface area (TPSA) is 68.3 Å².